The number of thioether (sulfide) groups is 1. The highest BCUT2D eigenvalue weighted by Crippen LogP contribution is 2.35. The molecule has 43 heavy (non-hydrogen) atoms. The smallest absolute Gasteiger partial charge is 0.407 e. The fraction of sp³-hybridized carbons (Fsp3) is 0.727. The van der Waals surface area contributed by atoms with Gasteiger partial charge < -0.3 is 29.1 Å². The third-order valence-electron chi connectivity index (χ3n) is 7.11. The van der Waals surface area contributed by atoms with Gasteiger partial charge in [0.15, 0.2) is 0 Å². The molecule has 1 heterocycles. The fourth-order valence-electron chi connectivity index (χ4n) is 4.85. The quantitative estimate of drug-likeness (QED) is 0.0765. The lowest BCUT2D eigenvalue weighted by molar-refractivity contribution is -0.0488. The molecule has 0 saturated carbocycles. The summed E-state index contributed by atoms with van der Waals surface area (Å²) in [4.78, 5) is 24.8. The highest BCUT2D eigenvalue weighted by atomic mass is 32.2. The van der Waals surface area contributed by atoms with Gasteiger partial charge >= 0.3 is 14.7 Å². The second kappa shape index (κ2) is 24.8. The number of unbranched alkanes of at least 4 members (excludes halogenated alkanes) is 13. The zero-order valence-electron chi connectivity index (χ0n) is 26.8. The summed E-state index contributed by atoms with van der Waals surface area (Å²) in [6.45, 7) is 7.52. The standard InChI is InChI=1S/C33H57N2O6PS/c1-4-5-6-7-8-9-10-11-12-13-14-15-16-17-21-34-33(36)38-26-32(40-29(2)3)27-39-42(37)41-31-20-18-19-30(24-31)25-35-22-23-43-28-35/h18-20,22-24,29,32,37H,4-17,21,25-28H2,1-3H3,(H,34,36). The number of carbonyl (C=O) groups excluding carboxylic acids is 1. The molecule has 10 heteroatoms. The molecular weight excluding hydrogens is 583 g/mol. The predicted octanol–water partition coefficient (Wildman–Crippen LogP) is 9.28. The van der Waals surface area contributed by atoms with Gasteiger partial charge in [0.1, 0.15) is 18.5 Å². The molecule has 2 unspecified atom stereocenters. The molecule has 1 aliphatic rings. The van der Waals surface area contributed by atoms with Crippen LogP contribution in [-0.2, 0) is 20.5 Å². The van der Waals surface area contributed by atoms with Gasteiger partial charge in [0.05, 0.1) is 18.6 Å². The molecule has 0 saturated heterocycles. The van der Waals surface area contributed by atoms with E-state index in [1.807, 2.05) is 32.0 Å². The number of ether oxygens (including phenoxy) is 2. The van der Waals surface area contributed by atoms with Gasteiger partial charge in [-0.25, -0.2) is 4.79 Å². The summed E-state index contributed by atoms with van der Waals surface area (Å²) in [5, 5.41) is 4.90. The van der Waals surface area contributed by atoms with E-state index < -0.39 is 20.8 Å². The maximum atomic E-state index is 12.2. The number of benzene rings is 1. The van der Waals surface area contributed by atoms with E-state index >= 15 is 0 Å². The topological polar surface area (TPSA) is 89.5 Å². The first kappa shape index (κ1) is 37.7. The summed E-state index contributed by atoms with van der Waals surface area (Å²) in [5.74, 6) is 1.47. The molecule has 1 aromatic rings. The number of hydrogen-bond acceptors (Lipinski definition) is 8. The number of nitrogens with one attached hydrogen (secondary N) is 1. The van der Waals surface area contributed by atoms with E-state index in [0.717, 1.165) is 30.8 Å². The highest BCUT2D eigenvalue weighted by Gasteiger charge is 2.19. The monoisotopic (exact) mass is 640 g/mol. The minimum Gasteiger partial charge on any atom is -0.447 e. The minimum atomic E-state index is -2.16. The van der Waals surface area contributed by atoms with Crippen LogP contribution in [0.2, 0.25) is 0 Å². The number of rotatable bonds is 26. The third kappa shape index (κ3) is 20.2. The van der Waals surface area contributed by atoms with Crippen LogP contribution in [0.3, 0.4) is 0 Å². The summed E-state index contributed by atoms with van der Waals surface area (Å²) >= 11 is 1.76. The number of alkyl carbamates (subject to hydrolysis) is 1. The van der Waals surface area contributed by atoms with Crippen molar-refractivity contribution >= 4 is 26.5 Å². The van der Waals surface area contributed by atoms with E-state index in [1.165, 1.54) is 77.0 Å². The van der Waals surface area contributed by atoms with Gasteiger partial charge in [0.2, 0.25) is 0 Å². The van der Waals surface area contributed by atoms with Gasteiger partial charge in [-0.3, -0.25) is 4.52 Å². The Balaban J connectivity index is 1.51. The molecule has 1 aromatic carbocycles. The maximum Gasteiger partial charge on any atom is 0.407 e. The first-order chi connectivity index (χ1) is 21.0. The molecule has 2 atom stereocenters. The van der Waals surface area contributed by atoms with Crippen molar-refractivity contribution in [3.8, 4) is 5.75 Å². The van der Waals surface area contributed by atoms with E-state index in [4.69, 9.17) is 18.5 Å². The molecule has 1 amide bonds. The minimum absolute atomic E-state index is 0.0305. The van der Waals surface area contributed by atoms with Gasteiger partial charge in [-0.2, -0.15) is 0 Å². The van der Waals surface area contributed by atoms with Gasteiger partial charge in [0.25, 0.3) is 0 Å². The van der Waals surface area contributed by atoms with Crippen LogP contribution in [0.15, 0.2) is 35.9 Å². The predicted molar refractivity (Wildman–Crippen MR) is 179 cm³/mol. The normalized spacial score (nSPS) is 14.3. The molecular formula is C33H57N2O6PS. The molecule has 0 spiro atoms. The molecule has 0 aromatic heterocycles. The Morgan fingerprint density at radius 1 is 0.977 bits per heavy atom. The lowest BCUT2D eigenvalue weighted by Crippen LogP contribution is -2.33. The molecule has 0 bridgehead atoms. The Labute approximate surface area is 266 Å². The third-order valence-corrected chi connectivity index (χ3v) is 8.64. The van der Waals surface area contributed by atoms with E-state index in [0.29, 0.717) is 12.3 Å². The number of hydrogen-bond donors (Lipinski definition) is 2. The van der Waals surface area contributed by atoms with Gasteiger partial charge in [0, 0.05) is 19.3 Å². The first-order valence-electron chi connectivity index (χ1n) is 16.4. The summed E-state index contributed by atoms with van der Waals surface area (Å²) < 4.78 is 22.4. The molecule has 0 aliphatic carbocycles. The van der Waals surface area contributed by atoms with Crippen LogP contribution >= 0.6 is 20.4 Å². The number of carbonyl (C=O) groups is 1. The van der Waals surface area contributed by atoms with Crippen LogP contribution in [0.5, 0.6) is 5.75 Å². The van der Waals surface area contributed by atoms with Crippen molar-refractivity contribution in [2.24, 2.45) is 0 Å². The summed E-state index contributed by atoms with van der Waals surface area (Å²) in [6.07, 6.45) is 19.3. The Kier molecular flexibility index (Phi) is 21.7. The first-order valence-corrected chi connectivity index (χ1v) is 18.6. The van der Waals surface area contributed by atoms with Crippen molar-refractivity contribution in [3.05, 3.63) is 41.4 Å². The molecule has 1 aliphatic heterocycles. The Bertz CT molecular complexity index is 878. The zero-order valence-corrected chi connectivity index (χ0v) is 28.6. The summed E-state index contributed by atoms with van der Waals surface area (Å²) in [5.41, 5.74) is 1.09. The van der Waals surface area contributed by atoms with E-state index in [2.05, 4.69) is 28.7 Å². The van der Waals surface area contributed by atoms with Gasteiger partial charge in [-0.1, -0.05) is 103 Å². The van der Waals surface area contributed by atoms with Crippen LogP contribution in [0.1, 0.15) is 116 Å². The van der Waals surface area contributed by atoms with Crippen molar-refractivity contribution in [1.82, 2.24) is 10.2 Å². The molecule has 0 fully saturated rings. The molecule has 246 valence electrons. The van der Waals surface area contributed by atoms with Crippen molar-refractivity contribution in [3.63, 3.8) is 0 Å². The van der Waals surface area contributed by atoms with Crippen LogP contribution < -0.4 is 9.84 Å². The SMILES string of the molecule is CCCCCCCCCCCCCCCCNC(=O)OCC(COP(O)Oc1cccc(CN2C=CSC2)c1)OC(C)C. The Morgan fingerprint density at radius 3 is 2.23 bits per heavy atom. The molecule has 2 N–H and O–H groups in total. The molecule has 0 radical (unpaired) electrons. The van der Waals surface area contributed by atoms with Crippen molar-refractivity contribution in [2.45, 2.75) is 129 Å². The zero-order chi connectivity index (χ0) is 31.0. The highest BCUT2D eigenvalue weighted by molar-refractivity contribution is 8.02. The molecule has 8 nitrogen and oxygen atoms in total. The van der Waals surface area contributed by atoms with E-state index in [1.54, 1.807) is 17.8 Å². The van der Waals surface area contributed by atoms with Crippen LogP contribution in [-0.4, -0.2) is 53.7 Å². The fourth-order valence-corrected chi connectivity index (χ4v) is 6.20. The lowest BCUT2D eigenvalue weighted by Gasteiger charge is -2.21. The Hall–Kier alpha value is -1.51. The van der Waals surface area contributed by atoms with Crippen molar-refractivity contribution in [1.29, 1.82) is 0 Å². The number of nitrogens with zero attached hydrogens (tertiary/aromatic N) is 1. The van der Waals surface area contributed by atoms with Crippen LogP contribution in [0.4, 0.5) is 4.79 Å². The summed E-state index contributed by atoms with van der Waals surface area (Å²) in [7, 11) is -2.16. The lowest BCUT2D eigenvalue weighted by atomic mass is 10.0. The van der Waals surface area contributed by atoms with Crippen molar-refractivity contribution < 1.29 is 28.2 Å². The second-order valence-electron chi connectivity index (χ2n) is 11.5. The molecule has 2 rings (SSSR count). The van der Waals surface area contributed by atoms with E-state index in [9.17, 15) is 9.69 Å². The van der Waals surface area contributed by atoms with E-state index in [-0.39, 0.29) is 19.3 Å². The summed E-state index contributed by atoms with van der Waals surface area (Å²) in [6, 6.07) is 7.62. The maximum absolute atomic E-state index is 12.2. The largest absolute Gasteiger partial charge is 0.447 e. The van der Waals surface area contributed by atoms with Crippen molar-refractivity contribution in [2.75, 3.05) is 25.6 Å². The second-order valence-corrected chi connectivity index (χ2v) is 13.3. The van der Waals surface area contributed by atoms with Gasteiger partial charge in [-0.05, 0) is 43.4 Å². The average molecular weight is 641 g/mol. The number of amides is 1. The van der Waals surface area contributed by atoms with Crippen LogP contribution in [0, 0.1) is 0 Å². The average Bonchev–Trinajstić information content (AvgIpc) is 3.49. The van der Waals surface area contributed by atoms with Crippen LogP contribution in [0.25, 0.3) is 0 Å². The van der Waals surface area contributed by atoms with Gasteiger partial charge in [-0.15, -0.1) is 11.8 Å². The Morgan fingerprint density at radius 2 is 1.63 bits per heavy atom.